The number of aryl methyl sites for hydroxylation is 2. The smallest absolute Gasteiger partial charge is 0.244 e. The van der Waals surface area contributed by atoms with Gasteiger partial charge in [-0.2, -0.15) is 5.10 Å². The molecule has 0 aliphatic rings. The van der Waals surface area contributed by atoms with Crippen LogP contribution >= 0.6 is 11.6 Å². The molecule has 0 unspecified atom stereocenters. The summed E-state index contributed by atoms with van der Waals surface area (Å²) >= 11 is 5.49. The van der Waals surface area contributed by atoms with Gasteiger partial charge in [-0.3, -0.25) is 4.68 Å². The van der Waals surface area contributed by atoms with E-state index in [9.17, 15) is 8.42 Å². The molecule has 92 valence electrons. The molecule has 0 spiro atoms. The molecule has 5 nitrogen and oxygen atoms in total. The molecule has 1 heterocycles. The second kappa shape index (κ2) is 5.16. The summed E-state index contributed by atoms with van der Waals surface area (Å²) < 4.78 is 28.0. The van der Waals surface area contributed by atoms with Crippen LogP contribution in [0.2, 0.25) is 0 Å². The number of sulfonamides is 1. The van der Waals surface area contributed by atoms with Crippen molar-refractivity contribution in [1.82, 2.24) is 14.5 Å². The summed E-state index contributed by atoms with van der Waals surface area (Å²) in [5, 5.41) is 4.08. The minimum atomic E-state index is -3.47. The number of hydrogen-bond donors (Lipinski definition) is 1. The Hall–Kier alpha value is -0.590. The standard InChI is InChI=1S/C9H16ClN3O2S/c1-7-9(8(2)13(3)12-7)16(14,15)11-6-4-5-10/h11H,4-6H2,1-3H3. The van der Waals surface area contributed by atoms with Gasteiger partial charge in [0, 0.05) is 19.5 Å². The van der Waals surface area contributed by atoms with Crippen LogP contribution in [0.15, 0.2) is 4.90 Å². The molecule has 1 rings (SSSR count). The number of hydrogen-bond acceptors (Lipinski definition) is 3. The van der Waals surface area contributed by atoms with E-state index in [0.29, 0.717) is 30.2 Å². The monoisotopic (exact) mass is 265 g/mol. The minimum Gasteiger partial charge on any atom is -0.271 e. The summed E-state index contributed by atoms with van der Waals surface area (Å²) in [6.45, 7) is 3.76. The van der Waals surface area contributed by atoms with Crippen molar-refractivity contribution in [2.24, 2.45) is 7.05 Å². The lowest BCUT2D eigenvalue weighted by atomic mass is 10.4. The molecule has 0 atom stereocenters. The van der Waals surface area contributed by atoms with Gasteiger partial charge in [-0.05, 0) is 20.3 Å². The molecule has 0 aliphatic carbocycles. The molecular weight excluding hydrogens is 250 g/mol. The molecule has 7 heteroatoms. The van der Waals surface area contributed by atoms with Crippen molar-refractivity contribution in [3.63, 3.8) is 0 Å². The molecule has 1 aromatic rings. The third-order valence-corrected chi connectivity index (χ3v) is 4.29. The van der Waals surface area contributed by atoms with Crippen LogP contribution in [0.4, 0.5) is 0 Å². The Kier molecular flexibility index (Phi) is 4.35. The van der Waals surface area contributed by atoms with E-state index in [0.717, 1.165) is 0 Å². The first-order valence-corrected chi connectivity index (χ1v) is 6.97. The summed E-state index contributed by atoms with van der Waals surface area (Å²) in [7, 11) is -1.74. The molecule has 0 amide bonds. The Bertz CT molecular complexity index is 467. The van der Waals surface area contributed by atoms with Crippen molar-refractivity contribution < 1.29 is 8.42 Å². The van der Waals surface area contributed by atoms with Gasteiger partial charge < -0.3 is 0 Å². The van der Waals surface area contributed by atoms with Crippen LogP contribution in [0.25, 0.3) is 0 Å². The molecule has 0 aliphatic heterocycles. The van der Waals surface area contributed by atoms with Gasteiger partial charge in [0.1, 0.15) is 4.90 Å². The van der Waals surface area contributed by atoms with Crippen LogP contribution in [-0.4, -0.2) is 30.6 Å². The largest absolute Gasteiger partial charge is 0.271 e. The van der Waals surface area contributed by atoms with E-state index in [1.165, 1.54) is 0 Å². The predicted octanol–water partition coefficient (Wildman–Crippen LogP) is 0.944. The second-order valence-corrected chi connectivity index (χ2v) is 5.65. The molecule has 0 fully saturated rings. The Morgan fingerprint density at radius 1 is 1.44 bits per heavy atom. The van der Waals surface area contributed by atoms with E-state index in [1.54, 1.807) is 25.6 Å². The first-order chi connectivity index (χ1) is 7.40. The third kappa shape index (κ3) is 2.75. The average molecular weight is 266 g/mol. The van der Waals surface area contributed by atoms with Crippen LogP contribution in [-0.2, 0) is 17.1 Å². The molecule has 0 saturated heterocycles. The first kappa shape index (κ1) is 13.5. The van der Waals surface area contributed by atoms with Crippen molar-refractivity contribution >= 4 is 21.6 Å². The van der Waals surface area contributed by atoms with Gasteiger partial charge in [-0.25, -0.2) is 13.1 Å². The highest BCUT2D eigenvalue weighted by molar-refractivity contribution is 7.89. The van der Waals surface area contributed by atoms with E-state index in [1.807, 2.05) is 0 Å². The number of nitrogens with one attached hydrogen (secondary N) is 1. The fourth-order valence-corrected chi connectivity index (χ4v) is 3.13. The molecular formula is C9H16ClN3O2S. The van der Waals surface area contributed by atoms with Crippen LogP contribution in [0, 0.1) is 13.8 Å². The van der Waals surface area contributed by atoms with Gasteiger partial charge >= 0.3 is 0 Å². The van der Waals surface area contributed by atoms with E-state index in [2.05, 4.69) is 9.82 Å². The topological polar surface area (TPSA) is 64.0 Å². The van der Waals surface area contributed by atoms with E-state index in [4.69, 9.17) is 11.6 Å². The van der Waals surface area contributed by atoms with Gasteiger partial charge in [0.2, 0.25) is 10.0 Å². The number of halogens is 1. The highest BCUT2D eigenvalue weighted by Crippen LogP contribution is 2.17. The number of rotatable bonds is 5. The van der Waals surface area contributed by atoms with Crippen molar-refractivity contribution in [2.75, 3.05) is 12.4 Å². The summed E-state index contributed by atoms with van der Waals surface area (Å²) in [6, 6.07) is 0. The lowest BCUT2D eigenvalue weighted by molar-refractivity contribution is 0.579. The highest BCUT2D eigenvalue weighted by atomic mass is 35.5. The average Bonchev–Trinajstić information content (AvgIpc) is 2.41. The Morgan fingerprint density at radius 3 is 2.50 bits per heavy atom. The number of alkyl halides is 1. The van der Waals surface area contributed by atoms with Gasteiger partial charge in [-0.1, -0.05) is 0 Å². The maximum absolute atomic E-state index is 12.0. The summed E-state index contributed by atoms with van der Waals surface area (Å²) in [5.41, 5.74) is 1.15. The molecule has 1 N–H and O–H groups in total. The quantitative estimate of drug-likeness (QED) is 0.637. The van der Waals surface area contributed by atoms with Gasteiger partial charge in [0.05, 0.1) is 11.4 Å². The molecule has 0 aromatic carbocycles. The first-order valence-electron chi connectivity index (χ1n) is 4.96. The SMILES string of the molecule is Cc1nn(C)c(C)c1S(=O)(=O)NCCCCl. The third-order valence-electron chi connectivity index (χ3n) is 2.31. The van der Waals surface area contributed by atoms with Crippen LogP contribution in [0.1, 0.15) is 17.8 Å². The fraction of sp³-hybridized carbons (Fsp3) is 0.667. The lowest BCUT2D eigenvalue weighted by Crippen LogP contribution is -2.26. The van der Waals surface area contributed by atoms with Crippen molar-refractivity contribution in [1.29, 1.82) is 0 Å². The summed E-state index contributed by atoms with van der Waals surface area (Å²) in [6.07, 6.45) is 0.610. The molecule has 1 aromatic heterocycles. The Balaban J connectivity index is 2.98. The van der Waals surface area contributed by atoms with Crippen LogP contribution < -0.4 is 4.72 Å². The summed E-state index contributed by atoms with van der Waals surface area (Å²) in [4.78, 5) is 0.268. The molecule has 0 radical (unpaired) electrons. The second-order valence-electron chi connectivity index (χ2n) is 3.56. The fourth-order valence-electron chi connectivity index (χ4n) is 1.49. The molecule has 0 bridgehead atoms. The number of aromatic nitrogens is 2. The van der Waals surface area contributed by atoms with E-state index in [-0.39, 0.29) is 4.90 Å². The zero-order chi connectivity index (χ0) is 12.3. The van der Waals surface area contributed by atoms with Gasteiger partial charge in [0.25, 0.3) is 0 Å². The maximum Gasteiger partial charge on any atom is 0.244 e. The lowest BCUT2D eigenvalue weighted by Gasteiger charge is -2.05. The Morgan fingerprint density at radius 2 is 2.06 bits per heavy atom. The molecule has 16 heavy (non-hydrogen) atoms. The Labute approximate surface area is 101 Å². The predicted molar refractivity (Wildman–Crippen MR) is 63.2 cm³/mol. The number of nitrogens with zero attached hydrogens (tertiary/aromatic N) is 2. The maximum atomic E-state index is 12.0. The van der Waals surface area contributed by atoms with Crippen LogP contribution in [0.3, 0.4) is 0 Å². The van der Waals surface area contributed by atoms with Gasteiger partial charge in [-0.15, -0.1) is 11.6 Å². The van der Waals surface area contributed by atoms with Gasteiger partial charge in [0.15, 0.2) is 0 Å². The van der Waals surface area contributed by atoms with Crippen molar-refractivity contribution in [3.05, 3.63) is 11.4 Å². The van der Waals surface area contributed by atoms with Crippen molar-refractivity contribution in [2.45, 2.75) is 25.2 Å². The zero-order valence-electron chi connectivity index (χ0n) is 9.62. The molecule has 0 saturated carbocycles. The normalized spacial score (nSPS) is 12.0. The highest BCUT2D eigenvalue weighted by Gasteiger charge is 2.22. The summed E-state index contributed by atoms with van der Waals surface area (Å²) in [5.74, 6) is 0.438. The zero-order valence-corrected chi connectivity index (χ0v) is 11.2. The minimum absolute atomic E-state index is 0.268. The van der Waals surface area contributed by atoms with Crippen LogP contribution in [0.5, 0.6) is 0 Å². The van der Waals surface area contributed by atoms with E-state index >= 15 is 0 Å². The van der Waals surface area contributed by atoms with E-state index < -0.39 is 10.0 Å². The van der Waals surface area contributed by atoms with Crippen molar-refractivity contribution in [3.8, 4) is 0 Å².